The van der Waals surface area contributed by atoms with Crippen molar-refractivity contribution in [3.63, 3.8) is 0 Å². The molecule has 2 amide bonds. The highest BCUT2D eigenvalue weighted by molar-refractivity contribution is 5.85. The molecule has 17 heavy (non-hydrogen) atoms. The van der Waals surface area contributed by atoms with Gasteiger partial charge in [-0.25, -0.2) is 0 Å². The lowest BCUT2D eigenvalue weighted by Gasteiger charge is -2.25. The standard InChI is InChI=1S/C11H18N2O4/c1-12-9(14)6-13-10(15)7-2-4-8(5-3-7)11(16)17/h7-8H,2-6H2,1H3,(H,12,14)(H,13,15)(H,16,17). The van der Waals surface area contributed by atoms with E-state index in [0.717, 1.165) is 0 Å². The number of carbonyl (C=O) groups is 3. The van der Waals surface area contributed by atoms with E-state index in [2.05, 4.69) is 10.6 Å². The molecule has 1 fully saturated rings. The Morgan fingerprint density at radius 3 is 2.12 bits per heavy atom. The van der Waals surface area contributed by atoms with E-state index in [0.29, 0.717) is 25.7 Å². The first-order valence-electron chi connectivity index (χ1n) is 5.75. The molecule has 0 spiro atoms. The third-order valence-corrected chi connectivity index (χ3v) is 3.15. The van der Waals surface area contributed by atoms with Gasteiger partial charge in [-0.2, -0.15) is 0 Å². The van der Waals surface area contributed by atoms with Crippen LogP contribution in [-0.4, -0.2) is 36.5 Å². The van der Waals surface area contributed by atoms with Gasteiger partial charge in [0.2, 0.25) is 11.8 Å². The third kappa shape index (κ3) is 4.05. The van der Waals surface area contributed by atoms with Crippen LogP contribution in [0.1, 0.15) is 25.7 Å². The van der Waals surface area contributed by atoms with E-state index >= 15 is 0 Å². The van der Waals surface area contributed by atoms with Gasteiger partial charge in [0.05, 0.1) is 12.5 Å². The molecule has 96 valence electrons. The van der Waals surface area contributed by atoms with Crippen molar-refractivity contribution in [2.24, 2.45) is 11.8 Å². The number of likely N-dealkylation sites (N-methyl/N-ethyl adjacent to an activating group) is 1. The van der Waals surface area contributed by atoms with E-state index in [9.17, 15) is 14.4 Å². The van der Waals surface area contributed by atoms with Gasteiger partial charge < -0.3 is 15.7 Å². The fourth-order valence-corrected chi connectivity index (χ4v) is 2.00. The maximum atomic E-state index is 11.7. The molecule has 0 aromatic heterocycles. The third-order valence-electron chi connectivity index (χ3n) is 3.15. The zero-order valence-electron chi connectivity index (χ0n) is 9.86. The molecule has 0 radical (unpaired) electrons. The lowest BCUT2D eigenvalue weighted by atomic mass is 9.81. The van der Waals surface area contributed by atoms with Gasteiger partial charge in [0.1, 0.15) is 0 Å². The first-order chi connectivity index (χ1) is 8.04. The normalized spacial score (nSPS) is 23.8. The van der Waals surface area contributed by atoms with Gasteiger partial charge >= 0.3 is 5.97 Å². The Hall–Kier alpha value is -1.59. The molecule has 0 atom stereocenters. The molecule has 1 aliphatic carbocycles. The Morgan fingerprint density at radius 2 is 1.65 bits per heavy atom. The van der Waals surface area contributed by atoms with E-state index < -0.39 is 5.97 Å². The number of carboxylic acids is 1. The van der Waals surface area contributed by atoms with E-state index in [1.807, 2.05) is 0 Å². The monoisotopic (exact) mass is 242 g/mol. The van der Waals surface area contributed by atoms with Crippen molar-refractivity contribution in [3.05, 3.63) is 0 Å². The van der Waals surface area contributed by atoms with Crippen LogP contribution in [0.25, 0.3) is 0 Å². The summed E-state index contributed by atoms with van der Waals surface area (Å²) in [6.07, 6.45) is 2.23. The van der Waals surface area contributed by atoms with Crippen LogP contribution >= 0.6 is 0 Å². The minimum atomic E-state index is -0.783. The van der Waals surface area contributed by atoms with Gasteiger partial charge in [-0.05, 0) is 25.7 Å². The molecule has 0 aromatic rings. The van der Waals surface area contributed by atoms with Gasteiger partial charge in [0.25, 0.3) is 0 Å². The van der Waals surface area contributed by atoms with Crippen molar-refractivity contribution in [1.29, 1.82) is 0 Å². The number of aliphatic carboxylic acids is 1. The zero-order valence-corrected chi connectivity index (χ0v) is 9.86. The largest absolute Gasteiger partial charge is 0.481 e. The summed E-state index contributed by atoms with van der Waals surface area (Å²) >= 11 is 0. The Labute approximate surface area is 99.8 Å². The van der Waals surface area contributed by atoms with Gasteiger partial charge in [-0.15, -0.1) is 0 Å². The van der Waals surface area contributed by atoms with Gasteiger partial charge in [0.15, 0.2) is 0 Å². The summed E-state index contributed by atoms with van der Waals surface area (Å²) in [5, 5.41) is 13.8. The number of carbonyl (C=O) groups excluding carboxylic acids is 2. The molecule has 0 unspecified atom stereocenters. The topological polar surface area (TPSA) is 95.5 Å². The highest BCUT2D eigenvalue weighted by Gasteiger charge is 2.29. The number of rotatable bonds is 4. The highest BCUT2D eigenvalue weighted by atomic mass is 16.4. The Bertz CT molecular complexity index is 309. The van der Waals surface area contributed by atoms with Crippen LogP contribution in [0.2, 0.25) is 0 Å². The first kappa shape index (κ1) is 13.5. The molecule has 0 heterocycles. The quantitative estimate of drug-likeness (QED) is 0.633. The van der Waals surface area contributed by atoms with Crippen LogP contribution in [0, 0.1) is 11.8 Å². The fourth-order valence-electron chi connectivity index (χ4n) is 2.00. The van der Waals surface area contributed by atoms with Crippen molar-refractivity contribution >= 4 is 17.8 Å². The minimum Gasteiger partial charge on any atom is -0.481 e. The van der Waals surface area contributed by atoms with Crippen LogP contribution in [0.15, 0.2) is 0 Å². The van der Waals surface area contributed by atoms with Crippen molar-refractivity contribution in [2.45, 2.75) is 25.7 Å². The summed E-state index contributed by atoms with van der Waals surface area (Å²) in [6.45, 7) is -0.0197. The second-order valence-corrected chi connectivity index (χ2v) is 4.28. The van der Waals surface area contributed by atoms with Crippen LogP contribution in [0.3, 0.4) is 0 Å². The molecular formula is C11H18N2O4. The summed E-state index contributed by atoms with van der Waals surface area (Å²) in [5.74, 6) is -1.66. The average Bonchev–Trinajstić information content (AvgIpc) is 2.35. The average molecular weight is 242 g/mol. The molecule has 0 bridgehead atoms. The Balaban J connectivity index is 2.31. The van der Waals surface area contributed by atoms with Crippen LogP contribution in [0.5, 0.6) is 0 Å². The zero-order chi connectivity index (χ0) is 12.8. The molecule has 3 N–H and O–H groups in total. The minimum absolute atomic E-state index is 0.0197. The number of carboxylic acid groups (broad SMARTS) is 1. The summed E-state index contributed by atoms with van der Waals surface area (Å²) in [7, 11) is 1.51. The predicted molar refractivity (Wildman–Crippen MR) is 60.2 cm³/mol. The lowest BCUT2D eigenvalue weighted by Crippen LogP contribution is -2.39. The molecule has 1 rings (SSSR count). The lowest BCUT2D eigenvalue weighted by molar-refractivity contribution is -0.144. The summed E-state index contributed by atoms with van der Waals surface area (Å²) in [6, 6.07) is 0. The van der Waals surface area contributed by atoms with Crippen molar-refractivity contribution in [1.82, 2.24) is 10.6 Å². The Morgan fingerprint density at radius 1 is 1.12 bits per heavy atom. The highest BCUT2D eigenvalue weighted by Crippen LogP contribution is 2.28. The molecule has 6 heteroatoms. The number of hydrogen-bond acceptors (Lipinski definition) is 3. The molecule has 1 aliphatic rings. The predicted octanol–water partition coefficient (Wildman–Crippen LogP) is -0.260. The number of nitrogens with one attached hydrogen (secondary N) is 2. The van der Waals surface area contributed by atoms with E-state index in [-0.39, 0.29) is 30.2 Å². The maximum absolute atomic E-state index is 11.7. The smallest absolute Gasteiger partial charge is 0.306 e. The molecule has 0 saturated heterocycles. The molecule has 0 aliphatic heterocycles. The summed E-state index contributed by atoms with van der Waals surface area (Å²) in [5.41, 5.74) is 0. The van der Waals surface area contributed by atoms with E-state index in [1.165, 1.54) is 7.05 Å². The molecule has 6 nitrogen and oxygen atoms in total. The van der Waals surface area contributed by atoms with Gasteiger partial charge in [-0.3, -0.25) is 14.4 Å². The second-order valence-electron chi connectivity index (χ2n) is 4.28. The fraction of sp³-hybridized carbons (Fsp3) is 0.727. The summed E-state index contributed by atoms with van der Waals surface area (Å²) < 4.78 is 0. The van der Waals surface area contributed by atoms with Crippen molar-refractivity contribution < 1.29 is 19.5 Å². The molecule has 1 saturated carbocycles. The SMILES string of the molecule is CNC(=O)CNC(=O)C1CCC(C(=O)O)CC1. The molecule has 0 aromatic carbocycles. The molecular weight excluding hydrogens is 224 g/mol. The maximum Gasteiger partial charge on any atom is 0.306 e. The number of hydrogen-bond donors (Lipinski definition) is 3. The van der Waals surface area contributed by atoms with Crippen LogP contribution < -0.4 is 10.6 Å². The van der Waals surface area contributed by atoms with Gasteiger partial charge in [0, 0.05) is 13.0 Å². The summed E-state index contributed by atoms with van der Waals surface area (Å²) in [4.78, 5) is 33.3. The van der Waals surface area contributed by atoms with E-state index in [4.69, 9.17) is 5.11 Å². The first-order valence-corrected chi connectivity index (χ1v) is 5.75. The van der Waals surface area contributed by atoms with E-state index in [1.54, 1.807) is 0 Å². The number of amides is 2. The van der Waals surface area contributed by atoms with Crippen LogP contribution in [0.4, 0.5) is 0 Å². The van der Waals surface area contributed by atoms with Crippen LogP contribution in [-0.2, 0) is 14.4 Å². The van der Waals surface area contributed by atoms with Crippen molar-refractivity contribution in [3.8, 4) is 0 Å². The van der Waals surface area contributed by atoms with Crippen molar-refractivity contribution in [2.75, 3.05) is 13.6 Å². The van der Waals surface area contributed by atoms with Gasteiger partial charge in [-0.1, -0.05) is 0 Å². The Kier molecular flexibility index (Phi) is 4.93. The second kappa shape index (κ2) is 6.22.